The molecule has 6 nitrogen and oxygen atoms in total. The van der Waals surface area contributed by atoms with Gasteiger partial charge in [-0.3, -0.25) is 0 Å². The van der Waals surface area contributed by atoms with Crippen molar-refractivity contribution >= 4 is 6.03 Å². The van der Waals surface area contributed by atoms with Gasteiger partial charge in [0.15, 0.2) is 0 Å². The van der Waals surface area contributed by atoms with Gasteiger partial charge in [-0.2, -0.15) is 0 Å². The number of carbonyl (C=O) groups is 1. The first-order chi connectivity index (χ1) is 9.04. The number of aliphatic hydroxyl groups is 1. The Bertz CT molecular complexity index is 384. The molecule has 1 heterocycles. The van der Waals surface area contributed by atoms with E-state index in [2.05, 4.69) is 15.8 Å². The molecule has 1 rings (SSSR count). The van der Waals surface area contributed by atoms with E-state index in [0.717, 1.165) is 17.0 Å². The van der Waals surface area contributed by atoms with Crippen LogP contribution in [-0.2, 0) is 6.42 Å². The third-order valence-corrected chi connectivity index (χ3v) is 3.08. The van der Waals surface area contributed by atoms with Gasteiger partial charge in [0.2, 0.25) is 0 Å². The molecular weight excluding hydrogens is 246 g/mol. The Labute approximate surface area is 113 Å². The highest BCUT2D eigenvalue weighted by atomic mass is 16.5. The number of nitrogens with one attached hydrogen (secondary N) is 2. The van der Waals surface area contributed by atoms with Gasteiger partial charge in [-0.1, -0.05) is 12.1 Å². The van der Waals surface area contributed by atoms with Gasteiger partial charge in [-0.25, -0.2) is 4.79 Å². The summed E-state index contributed by atoms with van der Waals surface area (Å²) in [6.07, 6.45) is 1.64. The minimum absolute atomic E-state index is 0.213. The lowest BCUT2D eigenvalue weighted by atomic mass is 10.1. The summed E-state index contributed by atoms with van der Waals surface area (Å²) in [5.41, 5.74) is 1.91. The first-order valence-corrected chi connectivity index (χ1v) is 6.66. The minimum Gasteiger partial charge on any atom is -0.393 e. The smallest absolute Gasteiger partial charge is 0.314 e. The van der Waals surface area contributed by atoms with Crippen molar-refractivity contribution < 1.29 is 14.4 Å². The zero-order chi connectivity index (χ0) is 14.3. The van der Waals surface area contributed by atoms with E-state index < -0.39 is 0 Å². The zero-order valence-corrected chi connectivity index (χ0v) is 11.8. The van der Waals surface area contributed by atoms with E-state index in [1.54, 1.807) is 0 Å². The van der Waals surface area contributed by atoms with Gasteiger partial charge in [0, 0.05) is 18.7 Å². The number of nitrogens with zero attached hydrogens (tertiary/aromatic N) is 1. The molecule has 1 aromatic rings. The molecule has 19 heavy (non-hydrogen) atoms. The van der Waals surface area contributed by atoms with Crippen LogP contribution >= 0.6 is 0 Å². The fourth-order valence-corrected chi connectivity index (χ4v) is 1.78. The maximum absolute atomic E-state index is 11.5. The molecule has 0 fully saturated rings. The lowest BCUT2D eigenvalue weighted by Crippen LogP contribution is -2.38. The van der Waals surface area contributed by atoms with E-state index in [4.69, 9.17) is 4.52 Å². The van der Waals surface area contributed by atoms with Gasteiger partial charge in [0.05, 0.1) is 11.8 Å². The van der Waals surface area contributed by atoms with Crippen molar-refractivity contribution in [3.05, 3.63) is 17.0 Å². The minimum atomic E-state index is -0.345. The van der Waals surface area contributed by atoms with Crippen molar-refractivity contribution in [2.24, 2.45) is 0 Å². The van der Waals surface area contributed by atoms with E-state index >= 15 is 0 Å². The average molecular weight is 269 g/mol. The molecule has 0 aliphatic heterocycles. The second-order valence-electron chi connectivity index (χ2n) is 4.59. The Morgan fingerprint density at radius 2 is 2.05 bits per heavy atom. The summed E-state index contributed by atoms with van der Waals surface area (Å²) in [5, 5.41) is 18.7. The number of carbonyl (C=O) groups excluding carboxylic acids is 1. The maximum Gasteiger partial charge on any atom is 0.314 e. The molecule has 1 atom stereocenters. The van der Waals surface area contributed by atoms with Crippen molar-refractivity contribution in [1.82, 2.24) is 15.8 Å². The highest BCUT2D eigenvalue weighted by molar-refractivity contribution is 5.73. The van der Waals surface area contributed by atoms with E-state index in [0.29, 0.717) is 32.4 Å². The first-order valence-electron chi connectivity index (χ1n) is 6.66. The van der Waals surface area contributed by atoms with Gasteiger partial charge in [0.1, 0.15) is 5.76 Å². The van der Waals surface area contributed by atoms with Crippen LogP contribution < -0.4 is 10.6 Å². The predicted octanol–water partition coefficient (Wildman–Crippen LogP) is 1.29. The molecule has 1 aromatic heterocycles. The van der Waals surface area contributed by atoms with Crippen LogP contribution in [0.2, 0.25) is 0 Å². The van der Waals surface area contributed by atoms with Crippen LogP contribution in [-0.4, -0.2) is 35.5 Å². The van der Waals surface area contributed by atoms with E-state index in [-0.39, 0.29) is 12.1 Å². The van der Waals surface area contributed by atoms with Crippen LogP contribution in [0.5, 0.6) is 0 Å². The zero-order valence-electron chi connectivity index (χ0n) is 11.8. The largest absolute Gasteiger partial charge is 0.393 e. The third-order valence-electron chi connectivity index (χ3n) is 3.08. The highest BCUT2D eigenvalue weighted by Crippen LogP contribution is 2.11. The van der Waals surface area contributed by atoms with Crippen LogP contribution in [0.15, 0.2) is 4.52 Å². The van der Waals surface area contributed by atoms with Gasteiger partial charge in [0.25, 0.3) is 0 Å². The Balaban J connectivity index is 2.17. The molecule has 0 radical (unpaired) electrons. The summed E-state index contributed by atoms with van der Waals surface area (Å²) in [6, 6.07) is -0.213. The third kappa shape index (κ3) is 5.30. The lowest BCUT2D eigenvalue weighted by molar-refractivity contribution is 0.160. The van der Waals surface area contributed by atoms with E-state index in [9.17, 15) is 9.90 Å². The monoisotopic (exact) mass is 269 g/mol. The van der Waals surface area contributed by atoms with Gasteiger partial charge >= 0.3 is 6.03 Å². The lowest BCUT2D eigenvalue weighted by Gasteiger charge is -2.10. The molecule has 0 saturated carbocycles. The molecule has 0 aromatic carbocycles. The van der Waals surface area contributed by atoms with Crippen molar-refractivity contribution in [2.75, 3.05) is 13.1 Å². The fraction of sp³-hybridized carbons (Fsp3) is 0.692. The molecule has 1 unspecified atom stereocenters. The quantitative estimate of drug-likeness (QED) is 0.696. The van der Waals surface area contributed by atoms with Crippen LogP contribution in [0.4, 0.5) is 4.79 Å². The van der Waals surface area contributed by atoms with E-state index in [1.807, 2.05) is 20.8 Å². The first kappa shape index (κ1) is 15.5. The Morgan fingerprint density at radius 1 is 1.37 bits per heavy atom. The van der Waals surface area contributed by atoms with Crippen molar-refractivity contribution in [3.63, 3.8) is 0 Å². The maximum atomic E-state index is 11.5. The van der Waals surface area contributed by atoms with E-state index in [1.165, 1.54) is 0 Å². The number of rotatable bonds is 7. The molecule has 6 heteroatoms. The molecule has 0 saturated heterocycles. The summed E-state index contributed by atoms with van der Waals surface area (Å²) in [4.78, 5) is 11.5. The number of aryl methyl sites for hydroxylation is 2. The van der Waals surface area contributed by atoms with Crippen LogP contribution in [0.3, 0.4) is 0 Å². The molecule has 0 aliphatic rings. The number of amides is 2. The van der Waals surface area contributed by atoms with Gasteiger partial charge in [-0.05, 0) is 33.1 Å². The van der Waals surface area contributed by atoms with Crippen LogP contribution in [0.1, 0.15) is 36.8 Å². The Morgan fingerprint density at radius 3 is 2.63 bits per heavy atom. The summed E-state index contributed by atoms with van der Waals surface area (Å²) in [5.74, 6) is 0.797. The van der Waals surface area contributed by atoms with Gasteiger partial charge in [-0.15, -0.1) is 0 Å². The normalized spacial score (nSPS) is 12.2. The molecule has 3 N–H and O–H groups in total. The molecule has 0 spiro atoms. The SMILES string of the molecule is CCC(O)CCNC(=O)NCCc1c(C)noc1C. The second kappa shape index (κ2) is 7.78. The summed E-state index contributed by atoms with van der Waals surface area (Å²) in [7, 11) is 0. The van der Waals surface area contributed by atoms with Crippen LogP contribution in [0, 0.1) is 13.8 Å². The predicted molar refractivity (Wildman–Crippen MR) is 72.0 cm³/mol. The van der Waals surface area contributed by atoms with Gasteiger partial charge < -0.3 is 20.3 Å². The Hall–Kier alpha value is -1.56. The van der Waals surface area contributed by atoms with Crippen molar-refractivity contribution in [3.8, 4) is 0 Å². The number of urea groups is 1. The summed E-state index contributed by atoms with van der Waals surface area (Å²) >= 11 is 0. The molecule has 108 valence electrons. The fourth-order valence-electron chi connectivity index (χ4n) is 1.78. The molecule has 2 amide bonds. The molecular formula is C13H23N3O3. The second-order valence-corrected chi connectivity index (χ2v) is 4.59. The van der Waals surface area contributed by atoms with Crippen molar-refractivity contribution in [1.29, 1.82) is 0 Å². The van der Waals surface area contributed by atoms with Crippen molar-refractivity contribution in [2.45, 2.75) is 46.1 Å². The summed E-state index contributed by atoms with van der Waals surface area (Å²) < 4.78 is 5.05. The highest BCUT2D eigenvalue weighted by Gasteiger charge is 2.09. The number of hydrogen-bond acceptors (Lipinski definition) is 4. The Kier molecular flexibility index (Phi) is 6.35. The topological polar surface area (TPSA) is 87.4 Å². The van der Waals surface area contributed by atoms with Crippen LogP contribution in [0.25, 0.3) is 0 Å². The number of hydrogen-bond donors (Lipinski definition) is 3. The summed E-state index contributed by atoms with van der Waals surface area (Å²) in [6.45, 7) is 6.67. The average Bonchev–Trinajstić information content (AvgIpc) is 2.70. The standard InChI is InChI=1S/C13H23N3O3/c1-4-11(17)5-7-14-13(18)15-8-6-12-9(2)16-19-10(12)3/h11,17H,4-8H2,1-3H3,(H2,14,15,18). The number of aromatic nitrogens is 1. The molecule has 0 bridgehead atoms. The molecule has 0 aliphatic carbocycles. The number of aliphatic hydroxyl groups excluding tert-OH is 1.